The van der Waals surface area contributed by atoms with Gasteiger partial charge in [-0.05, 0) is 126 Å². The monoisotopic (exact) mass is 604 g/mol. The van der Waals surface area contributed by atoms with Gasteiger partial charge in [0.05, 0.1) is 0 Å². The first-order chi connectivity index (χ1) is 20.4. The lowest BCUT2D eigenvalue weighted by atomic mass is 9.82. The quantitative estimate of drug-likeness (QED) is 0.300. The minimum Gasteiger partial charge on any atom is -0.295 e. The third-order valence-corrected chi connectivity index (χ3v) is 10.6. The van der Waals surface area contributed by atoms with E-state index in [4.69, 9.17) is 0 Å². The minimum atomic E-state index is 0.0596. The van der Waals surface area contributed by atoms with E-state index in [-0.39, 0.29) is 11.2 Å². The highest BCUT2D eigenvalue weighted by Crippen LogP contribution is 2.65. The molecular weight excluding hydrogens is 544 g/mol. The summed E-state index contributed by atoms with van der Waals surface area (Å²) in [5.74, 6) is 4.90. The third-order valence-electron chi connectivity index (χ3n) is 10.6. The number of fused-ring (bicyclic) bond motifs is 1. The van der Waals surface area contributed by atoms with E-state index in [0.717, 1.165) is 55.2 Å². The predicted octanol–water partition coefficient (Wildman–Crippen LogP) is 9.80. The highest BCUT2D eigenvalue weighted by Gasteiger charge is 2.64. The van der Waals surface area contributed by atoms with Crippen molar-refractivity contribution in [2.75, 3.05) is 0 Å². The van der Waals surface area contributed by atoms with Crippen molar-refractivity contribution in [3.8, 4) is 0 Å². The lowest BCUT2D eigenvalue weighted by Gasteiger charge is -2.22. The van der Waals surface area contributed by atoms with Crippen LogP contribution < -0.4 is 0 Å². The van der Waals surface area contributed by atoms with Crippen molar-refractivity contribution in [1.29, 1.82) is 0 Å². The van der Waals surface area contributed by atoms with Crippen molar-refractivity contribution in [2.45, 2.75) is 121 Å². The fourth-order valence-electron chi connectivity index (χ4n) is 6.80. The first kappa shape index (κ1) is 37.6. The number of ketones is 4. The number of carbonyl (C=O) groups excluding carboxylic acids is 4. The summed E-state index contributed by atoms with van der Waals surface area (Å²) in [6.07, 6.45) is 14.5. The predicted molar refractivity (Wildman–Crippen MR) is 183 cm³/mol. The maximum atomic E-state index is 11.5. The smallest absolute Gasteiger partial charge is 0.162 e. The van der Waals surface area contributed by atoms with Gasteiger partial charge in [-0.2, -0.15) is 0 Å². The molecule has 44 heavy (non-hydrogen) atoms. The van der Waals surface area contributed by atoms with Crippen LogP contribution in [0.15, 0.2) is 58.7 Å². The van der Waals surface area contributed by atoms with Gasteiger partial charge in [-0.3, -0.25) is 19.2 Å². The van der Waals surface area contributed by atoms with Crippen LogP contribution in [0.1, 0.15) is 121 Å². The summed E-state index contributed by atoms with van der Waals surface area (Å²) in [7, 11) is 0. The SMILES string of the molecule is C=C(C)C1CC=C(C)C(=O)C1.CC1=CC(=O)C(C(C)C)CC1.CC1=CC(=O)[C@@]2(C(C)C)C[C@@H]12.CC1=CCC(C(C)C)CC1=O. The Morgan fingerprint density at radius 3 is 1.75 bits per heavy atom. The Morgan fingerprint density at radius 1 is 0.818 bits per heavy atom. The molecule has 4 heteroatoms. The van der Waals surface area contributed by atoms with Gasteiger partial charge in [-0.15, -0.1) is 0 Å². The standard InChI is InChI=1S/C10H14O.C10H16O.C10H14O.C10H16O/c1-6(2)10-5-8(10)7(3)4-9(10)11;2*1-7(2)9-5-4-8(3)10(11)6-9;1-7(2)9-5-4-8(3)6-10(9)11/h4,6,8H,5H2,1-3H3;4,7,9H,5-6H2,1-3H3;4,9H,1,5-6H2,2-3H3;6-7,9H,4-5H2,1-3H3/t8-,10+;;;/m0.../s1. The number of hydrogen-bond donors (Lipinski definition) is 0. The Balaban J connectivity index is 0.000000205. The lowest BCUT2D eigenvalue weighted by Crippen LogP contribution is -2.21. The highest BCUT2D eigenvalue weighted by molar-refractivity contribution is 6.02. The van der Waals surface area contributed by atoms with Gasteiger partial charge in [0.2, 0.25) is 0 Å². The fourth-order valence-corrected chi connectivity index (χ4v) is 6.80. The molecule has 0 heterocycles. The first-order valence-corrected chi connectivity index (χ1v) is 16.9. The molecule has 3 unspecified atom stereocenters. The maximum Gasteiger partial charge on any atom is 0.162 e. The van der Waals surface area contributed by atoms with Crippen molar-refractivity contribution in [1.82, 2.24) is 0 Å². The van der Waals surface area contributed by atoms with Crippen LogP contribution in [0.2, 0.25) is 0 Å². The summed E-state index contributed by atoms with van der Waals surface area (Å²) in [5.41, 5.74) is 5.62. The van der Waals surface area contributed by atoms with E-state index in [2.05, 4.69) is 61.1 Å². The van der Waals surface area contributed by atoms with E-state index in [9.17, 15) is 19.2 Å². The van der Waals surface area contributed by atoms with Gasteiger partial charge in [0, 0.05) is 24.2 Å². The first-order valence-electron chi connectivity index (χ1n) is 16.9. The van der Waals surface area contributed by atoms with Crippen LogP contribution in [0.4, 0.5) is 0 Å². The molecule has 0 aromatic heterocycles. The average Bonchev–Trinajstić information content (AvgIpc) is 3.65. The van der Waals surface area contributed by atoms with Crippen LogP contribution in [0.3, 0.4) is 0 Å². The van der Waals surface area contributed by atoms with Crippen molar-refractivity contribution in [2.24, 2.45) is 46.8 Å². The summed E-state index contributed by atoms with van der Waals surface area (Å²) in [5, 5.41) is 0. The summed E-state index contributed by atoms with van der Waals surface area (Å²) in [4.78, 5) is 45.3. The van der Waals surface area contributed by atoms with E-state index in [1.807, 2.05) is 45.9 Å². The molecule has 0 bridgehead atoms. The Bertz CT molecular complexity index is 1230. The summed E-state index contributed by atoms with van der Waals surface area (Å²) in [6, 6.07) is 0. The van der Waals surface area contributed by atoms with E-state index < -0.39 is 0 Å². The number of allylic oxidation sites excluding steroid dienone is 9. The maximum absolute atomic E-state index is 11.5. The zero-order valence-corrected chi connectivity index (χ0v) is 29.6. The average molecular weight is 605 g/mol. The van der Waals surface area contributed by atoms with Gasteiger partial charge >= 0.3 is 0 Å². The second kappa shape index (κ2) is 16.1. The molecule has 0 aromatic rings. The van der Waals surface area contributed by atoms with Crippen LogP contribution in [0.5, 0.6) is 0 Å². The normalized spacial score (nSPS) is 29.2. The largest absolute Gasteiger partial charge is 0.295 e. The summed E-state index contributed by atoms with van der Waals surface area (Å²) < 4.78 is 0. The van der Waals surface area contributed by atoms with Crippen LogP contribution in [0.25, 0.3) is 0 Å². The van der Waals surface area contributed by atoms with E-state index in [1.54, 1.807) is 0 Å². The van der Waals surface area contributed by atoms with Crippen molar-refractivity contribution < 1.29 is 19.2 Å². The fraction of sp³-hybridized carbons (Fsp3) is 0.650. The molecular formula is C40H60O4. The molecule has 1 saturated carbocycles. The number of carbonyl (C=O) groups is 4. The molecule has 5 aliphatic carbocycles. The second-order valence-electron chi connectivity index (χ2n) is 15.0. The van der Waals surface area contributed by atoms with Gasteiger partial charge < -0.3 is 0 Å². The summed E-state index contributed by atoms with van der Waals surface area (Å²) >= 11 is 0. The zero-order chi connectivity index (χ0) is 33.5. The molecule has 4 nitrogen and oxygen atoms in total. The van der Waals surface area contributed by atoms with Gasteiger partial charge in [0.1, 0.15) is 0 Å². The number of Topliss-reactive ketones (excluding diaryl/α,β-unsaturated/α-hetero) is 2. The van der Waals surface area contributed by atoms with E-state index >= 15 is 0 Å². The molecule has 0 saturated heterocycles. The Labute approximate surface area is 268 Å². The third kappa shape index (κ3) is 9.69. The molecule has 0 aromatic carbocycles. The van der Waals surface area contributed by atoms with Crippen molar-refractivity contribution in [3.63, 3.8) is 0 Å². The molecule has 0 N–H and O–H groups in total. The second-order valence-corrected chi connectivity index (χ2v) is 15.0. The van der Waals surface area contributed by atoms with Crippen LogP contribution in [-0.4, -0.2) is 23.1 Å². The Kier molecular flexibility index (Phi) is 13.7. The van der Waals surface area contributed by atoms with Gasteiger partial charge in [0.15, 0.2) is 23.1 Å². The van der Waals surface area contributed by atoms with Gasteiger partial charge in [0.25, 0.3) is 0 Å². The molecule has 5 atom stereocenters. The van der Waals surface area contributed by atoms with Crippen LogP contribution >= 0.6 is 0 Å². The number of rotatable bonds is 4. The molecule has 0 amide bonds. The van der Waals surface area contributed by atoms with Gasteiger partial charge in [-0.1, -0.05) is 77.0 Å². The molecule has 244 valence electrons. The number of hydrogen-bond acceptors (Lipinski definition) is 4. The summed E-state index contributed by atoms with van der Waals surface area (Å²) in [6.45, 7) is 26.7. The minimum absolute atomic E-state index is 0.0596. The lowest BCUT2D eigenvalue weighted by molar-refractivity contribution is -0.121. The Hall–Kier alpha value is -2.62. The Morgan fingerprint density at radius 2 is 1.39 bits per heavy atom. The molecule has 5 aliphatic rings. The van der Waals surface area contributed by atoms with Gasteiger partial charge in [-0.25, -0.2) is 0 Å². The van der Waals surface area contributed by atoms with Crippen molar-refractivity contribution >= 4 is 23.1 Å². The van der Waals surface area contributed by atoms with E-state index in [1.165, 1.54) is 11.1 Å². The van der Waals surface area contributed by atoms with Crippen molar-refractivity contribution in [3.05, 3.63) is 58.7 Å². The van der Waals surface area contributed by atoms with Crippen LogP contribution in [-0.2, 0) is 19.2 Å². The molecule has 0 spiro atoms. The van der Waals surface area contributed by atoms with E-state index in [0.29, 0.717) is 65.2 Å². The highest BCUT2D eigenvalue weighted by atomic mass is 16.1. The molecule has 1 fully saturated rings. The molecule has 5 rings (SSSR count). The molecule has 0 radical (unpaired) electrons. The molecule has 0 aliphatic heterocycles. The van der Waals surface area contributed by atoms with Crippen LogP contribution in [0, 0.1) is 46.8 Å². The topological polar surface area (TPSA) is 68.3 Å². The zero-order valence-electron chi connectivity index (χ0n) is 29.6.